The molecule has 0 spiro atoms. The van der Waals surface area contributed by atoms with Crippen LogP contribution in [0.4, 0.5) is 0 Å². The molecule has 2 rings (SSSR count). The van der Waals surface area contributed by atoms with Gasteiger partial charge in [0.2, 0.25) is 0 Å². The maximum absolute atomic E-state index is 5.25. The summed E-state index contributed by atoms with van der Waals surface area (Å²) < 4.78 is 5.25. The fourth-order valence-electron chi connectivity index (χ4n) is 1.09. The van der Waals surface area contributed by atoms with Gasteiger partial charge in [0.15, 0.2) is 5.01 Å². The van der Waals surface area contributed by atoms with Crippen LogP contribution in [-0.2, 0) is 0 Å². The van der Waals surface area contributed by atoms with E-state index in [1.807, 2.05) is 37.3 Å². The summed E-state index contributed by atoms with van der Waals surface area (Å²) in [6.45, 7) is 2.56. The molecule has 0 N–H and O–H groups in total. The molecule has 72 valence electrons. The Morgan fingerprint density at radius 3 is 2.71 bits per heavy atom. The lowest BCUT2D eigenvalue weighted by atomic mass is 10.2. The van der Waals surface area contributed by atoms with Crippen LogP contribution in [0, 0.1) is 0 Å². The first-order valence-corrected chi connectivity index (χ1v) is 5.23. The first-order valence-electron chi connectivity index (χ1n) is 4.42. The van der Waals surface area contributed by atoms with Gasteiger partial charge in [-0.15, -0.1) is 5.10 Å². The van der Waals surface area contributed by atoms with Crippen molar-refractivity contribution in [2.45, 2.75) is 6.92 Å². The monoisotopic (exact) mass is 206 g/mol. The van der Waals surface area contributed by atoms with Gasteiger partial charge in [-0.2, -0.15) is 0 Å². The second-order valence-electron chi connectivity index (χ2n) is 2.67. The number of ether oxygens (including phenoxy) is 1. The van der Waals surface area contributed by atoms with Crippen LogP contribution in [0.15, 0.2) is 30.3 Å². The summed E-state index contributed by atoms with van der Waals surface area (Å²) in [6.07, 6.45) is 0. The largest absolute Gasteiger partial charge is 0.469 e. The highest BCUT2D eigenvalue weighted by atomic mass is 32.1. The summed E-state index contributed by atoms with van der Waals surface area (Å²) in [4.78, 5) is 0. The molecule has 0 bridgehead atoms. The number of benzene rings is 1. The van der Waals surface area contributed by atoms with Crippen molar-refractivity contribution >= 4 is 11.3 Å². The maximum atomic E-state index is 5.25. The third kappa shape index (κ3) is 1.90. The van der Waals surface area contributed by atoms with Crippen molar-refractivity contribution in [3.05, 3.63) is 30.3 Å². The van der Waals surface area contributed by atoms with Crippen LogP contribution in [0.3, 0.4) is 0 Å². The van der Waals surface area contributed by atoms with Crippen molar-refractivity contribution in [2.75, 3.05) is 6.61 Å². The Hall–Kier alpha value is -1.42. The molecule has 0 aliphatic heterocycles. The van der Waals surface area contributed by atoms with Crippen molar-refractivity contribution in [1.29, 1.82) is 0 Å². The van der Waals surface area contributed by atoms with E-state index in [-0.39, 0.29) is 0 Å². The summed E-state index contributed by atoms with van der Waals surface area (Å²) in [5.41, 5.74) is 1.08. The summed E-state index contributed by atoms with van der Waals surface area (Å²) in [5, 5.41) is 9.51. The summed E-state index contributed by atoms with van der Waals surface area (Å²) in [6, 6.07) is 9.97. The fraction of sp³-hybridized carbons (Fsp3) is 0.200. The van der Waals surface area contributed by atoms with Gasteiger partial charge >= 0.3 is 0 Å². The molecular weight excluding hydrogens is 196 g/mol. The molecule has 2 aromatic rings. The van der Waals surface area contributed by atoms with Crippen LogP contribution in [0.5, 0.6) is 5.19 Å². The summed E-state index contributed by atoms with van der Waals surface area (Å²) in [7, 11) is 0. The van der Waals surface area contributed by atoms with Gasteiger partial charge in [0.1, 0.15) is 0 Å². The van der Waals surface area contributed by atoms with E-state index >= 15 is 0 Å². The molecule has 1 aromatic heterocycles. The average Bonchev–Trinajstić information content (AvgIpc) is 2.68. The Kier molecular flexibility index (Phi) is 2.74. The topological polar surface area (TPSA) is 35.0 Å². The van der Waals surface area contributed by atoms with Crippen molar-refractivity contribution in [3.63, 3.8) is 0 Å². The van der Waals surface area contributed by atoms with Gasteiger partial charge in [-0.05, 0) is 6.92 Å². The van der Waals surface area contributed by atoms with Gasteiger partial charge in [0.25, 0.3) is 5.19 Å². The zero-order valence-electron chi connectivity index (χ0n) is 7.80. The Labute approximate surface area is 86.4 Å². The fourth-order valence-corrected chi connectivity index (χ4v) is 1.85. The number of hydrogen-bond donors (Lipinski definition) is 0. The molecule has 0 saturated carbocycles. The number of aromatic nitrogens is 2. The lowest BCUT2D eigenvalue weighted by Gasteiger charge is -1.93. The maximum Gasteiger partial charge on any atom is 0.294 e. The molecule has 0 amide bonds. The molecule has 0 aliphatic rings. The highest BCUT2D eigenvalue weighted by Crippen LogP contribution is 2.27. The van der Waals surface area contributed by atoms with Gasteiger partial charge in [0, 0.05) is 5.56 Å². The van der Waals surface area contributed by atoms with E-state index < -0.39 is 0 Å². The molecule has 0 aliphatic carbocycles. The Morgan fingerprint density at radius 1 is 1.21 bits per heavy atom. The van der Waals surface area contributed by atoms with Crippen LogP contribution < -0.4 is 4.74 Å². The predicted octanol–water partition coefficient (Wildman–Crippen LogP) is 2.60. The first kappa shape index (κ1) is 9.15. The number of rotatable bonds is 3. The van der Waals surface area contributed by atoms with E-state index in [4.69, 9.17) is 4.74 Å². The molecule has 0 saturated heterocycles. The molecule has 1 aromatic carbocycles. The minimum Gasteiger partial charge on any atom is -0.469 e. The zero-order valence-corrected chi connectivity index (χ0v) is 8.62. The molecule has 1 heterocycles. The van der Waals surface area contributed by atoms with Crippen molar-refractivity contribution in [3.8, 4) is 15.8 Å². The first-order chi connectivity index (χ1) is 6.90. The number of hydrogen-bond acceptors (Lipinski definition) is 4. The van der Waals surface area contributed by atoms with Gasteiger partial charge < -0.3 is 4.74 Å². The van der Waals surface area contributed by atoms with Crippen LogP contribution in [-0.4, -0.2) is 16.8 Å². The average molecular weight is 206 g/mol. The Morgan fingerprint density at radius 2 is 2.00 bits per heavy atom. The van der Waals surface area contributed by atoms with Gasteiger partial charge in [-0.3, -0.25) is 0 Å². The van der Waals surface area contributed by atoms with Crippen LogP contribution in [0.1, 0.15) is 6.92 Å². The van der Waals surface area contributed by atoms with E-state index in [0.717, 1.165) is 10.6 Å². The lowest BCUT2D eigenvalue weighted by Crippen LogP contribution is -1.89. The molecule has 14 heavy (non-hydrogen) atoms. The highest BCUT2D eigenvalue weighted by molar-refractivity contribution is 7.16. The molecule has 3 nitrogen and oxygen atoms in total. The highest BCUT2D eigenvalue weighted by Gasteiger charge is 2.05. The molecule has 0 radical (unpaired) electrons. The normalized spacial score (nSPS) is 10.1. The van der Waals surface area contributed by atoms with E-state index in [9.17, 15) is 0 Å². The minimum atomic E-state index is 0.628. The van der Waals surface area contributed by atoms with E-state index in [1.54, 1.807) is 0 Å². The van der Waals surface area contributed by atoms with E-state index in [2.05, 4.69) is 10.2 Å². The predicted molar refractivity (Wildman–Crippen MR) is 56.5 cm³/mol. The van der Waals surface area contributed by atoms with Crippen molar-refractivity contribution in [1.82, 2.24) is 10.2 Å². The zero-order chi connectivity index (χ0) is 9.80. The molecular formula is C10H10N2OS. The Balaban J connectivity index is 2.25. The lowest BCUT2D eigenvalue weighted by molar-refractivity contribution is 0.335. The molecule has 0 atom stereocenters. The summed E-state index contributed by atoms with van der Waals surface area (Å²) in [5.74, 6) is 0. The van der Waals surface area contributed by atoms with Crippen LogP contribution >= 0.6 is 11.3 Å². The second-order valence-corrected chi connectivity index (χ2v) is 3.61. The van der Waals surface area contributed by atoms with E-state index in [1.165, 1.54) is 11.3 Å². The van der Waals surface area contributed by atoms with Crippen LogP contribution in [0.2, 0.25) is 0 Å². The quantitative estimate of drug-likeness (QED) is 0.774. The third-order valence-corrected chi connectivity index (χ3v) is 2.58. The van der Waals surface area contributed by atoms with Crippen molar-refractivity contribution < 1.29 is 4.74 Å². The molecule has 4 heteroatoms. The smallest absolute Gasteiger partial charge is 0.294 e. The standard InChI is InChI=1S/C10H10N2OS/c1-2-13-10-12-11-9(14-10)8-6-4-3-5-7-8/h3-7H,2H2,1H3. The van der Waals surface area contributed by atoms with E-state index in [0.29, 0.717) is 11.8 Å². The number of nitrogens with zero attached hydrogens (tertiary/aromatic N) is 2. The van der Waals surface area contributed by atoms with Gasteiger partial charge in [0.05, 0.1) is 6.61 Å². The van der Waals surface area contributed by atoms with Crippen molar-refractivity contribution in [2.24, 2.45) is 0 Å². The van der Waals surface area contributed by atoms with Gasteiger partial charge in [-0.1, -0.05) is 46.8 Å². The Bertz CT molecular complexity index is 400. The SMILES string of the molecule is CCOc1nnc(-c2ccccc2)s1. The third-order valence-electron chi connectivity index (χ3n) is 1.70. The molecule has 0 fully saturated rings. The molecule has 0 unspecified atom stereocenters. The van der Waals surface area contributed by atoms with Crippen LogP contribution in [0.25, 0.3) is 10.6 Å². The summed E-state index contributed by atoms with van der Waals surface area (Å²) >= 11 is 1.47. The minimum absolute atomic E-state index is 0.628. The second kappa shape index (κ2) is 4.19. The van der Waals surface area contributed by atoms with Gasteiger partial charge in [-0.25, -0.2) is 0 Å².